The molecule has 0 amide bonds. The van der Waals surface area contributed by atoms with Crippen LogP contribution in [0, 0.1) is 6.92 Å². The monoisotopic (exact) mass is 388 g/mol. The lowest BCUT2D eigenvalue weighted by Crippen LogP contribution is -2.42. The van der Waals surface area contributed by atoms with Crippen molar-refractivity contribution in [2.75, 3.05) is 5.73 Å². The summed E-state index contributed by atoms with van der Waals surface area (Å²) in [5.41, 5.74) is 7.20. The molecule has 1 aliphatic rings. The van der Waals surface area contributed by atoms with Crippen LogP contribution in [-0.2, 0) is 10.4 Å². The van der Waals surface area contributed by atoms with Gasteiger partial charge >= 0.3 is 6.18 Å². The summed E-state index contributed by atoms with van der Waals surface area (Å²) in [5, 5.41) is 0.166. The summed E-state index contributed by atoms with van der Waals surface area (Å²) in [4.78, 5) is 5.02. The first-order valence-electron chi connectivity index (χ1n) is 7.19. The lowest BCUT2D eigenvalue weighted by Gasteiger charge is -2.28. The summed E-state index contributed by atoms with van der Waals surface area (Å²) in [6, 6.07) is 8.62. The van der Waals surface area contributed by atoms with E-state index in [0.29, 0.717) is 11.3 Å². The van der Waals surface area contributed by atoms with Crippen LogP contribution in [-0.4, -0.2) is 6.18 Å². The van der Waals surface area contributed by atoms with E-state index in [1.54, 1.807) is 25.1 Å². The minimum Gasteiger partial charge on any atom is -0.399 e. The molecule has 0 radical (unpaired) electrons. The third-order valence-electron chi connectivity index (χ3n) is 3.96. The lowest BCUT2D eigenvalue weighted by molar-refractivity contribution is -0.269. The molecule has 0 spiro atoms. The number of nitrogens with one attached hydrogen (secondary N) is 1. The Morgan fingerprint density at radius 2 is 1.72 bits per heavy atom. The summed E-state index contributed by atoms with van der Waals surface area (Å²) in [7, 11) is 0. The normalized spacial score (nSPS) is 20.3. The smallest absolute Gasteiger partial charge is 0.399 e. The molecule has 25 heavy (non-hydrogen) atoms. The molecule has 132 valence electrons. The minimum absolute atomic E-state index is 0.0832. The highest BCUT2D eigenvalue weighted by atomic mass is 35.5. The van der Waals surface area contributed by atoms with Crippen LogP contribution in [0.15, 0.2) is 42.5 Å². The van der Waals surface area contributed by atoms with Gasteiger partial charge in [0.25, 0.3) is 0 Å². The van der Waals surface area contributed by atoms with E-state index < -0.39 is 11.8 Å². The zero-order valence-electron chi connectivity index (χ0n) is 12.9. The Balaban J connectivity index is 2.15. The van der Waals surface area contributed by atoms with Gasteiger partial charge in [0.15, 0.2) is 0 Å². The highest BCUT2D eigenvalue weighted by Crippen LogP contribution is 2.48. The molecule has 0 saturated carbocycles. The Morgan fingerprint density at radius 3 is 2.28 bits per heavy atom. The predicted octanol–water partition coefficient (Wildman–Crippen LogP) is 5.22. The minimum atomic E-state index is -4.74. The number of alkyl halides is 3. The van der Waals surface area contributed by atoms with Crippen molar-refractivity contribution in [2.45, 2.75) is 18.7 Å². The third-order valence-corrected chi connectivity index (χ3v) is 4.40. The molecule has 1 atom stereocenters. The summed E-state index contributed by atoms with van der Waals surface area (Å²) in [6.07, 6.45) is -3.77. The molecular weight excluding hydrogens is 376 g/mol. The summed E-state index contributed by atoms with van der Waals surface area (Å²) < 4.78 is 41.6. The number of hydrogen-bond acceptors (Lipinski definition) is 3. The zero-order valence-corrected chi connectivity index (χ0v) is 14.4. The second-order valence-electron chi connectivity index (χ2n) is 5.73. The fourth-order valence-electron chi connectivity index (χ4n) is 2.60. The van der Waals surface area contributed by atoms with Crippen LogP contribution in [0.25, 0.3) is 5.70 Å². The van der Waals surface area contributed by atoms with Crippen molar-refractivity contribution in [3.63, 3.8) is 0 Å². The molecule has 3 rings (SSSR count). The van der Waals surface area contributed by atoms with Crippen molar-refractivity contribution in [2.24, 2.45) is 0 Å². The Labute approximate surface area is 152 Å². The van der Waals surface area contributed by atoms with Gasteiger partial charge < -0.3 is 5.73 Å². The van der Waals surface area contributed by atoms with Crippen LogP contribution < -0.4 is 11.2 Å². The van der Waals surface area contributed by atoms with Crippen LogP contribution in [0.3, 0.4) is 0 Å². The number of aryl methyl sites for hydroxylation is 1. The van der Waals surface area contributed by atoms with E-state index in [2.05, 4.69) is 5.48 Å². The average Bonchev–Trinajstić information content (AvgIpc) is 2.95. The summed E-state index contributed by atoms with van der Waals surface area (Å²) >= 11 is 11.7. The van der Waals surface area contributed by atoms with Gasteiger partial charge in [-0.25, -0.2) is 0 Å². The number of nitrogens with two attached hydrogens (primary N) is 1. The largest absolute Gasteiger partial charge is 0.428 e. The lowest BCUT2D eigenvalue weighted by atomic mass is 9.91. The number of benzene rings is 2. The molecule has 2 aromatic carbocycles. The fraction of sp³-hybridized carbons (Fsp3) is 0.176. The average molecular weight is 389 g/mol. The van der Waals surface area contributed by atoms with Crippen molar-refractivity contribution in [1.29, 1.82) is 0 Å². The zero-order chi connectivity index (χ0) is 18.4. The van der Waals surface area contributed by atoms with Crippen LogP contribution in [0.4, 0.5) is 18.9 Å². The van der Waals surface area contributed by atoms with Crippen molar-refractivity contribution in [1.82, 2.24) is 5.48 Å². The summed E-state index contributed by atoms with van der Waals surface area (Å²) in [6.45, 7) is 1.77. The van der Waals surface area contributed by atoms with Gasteiger partial charge in [0, 0.05) is 26.9 Å². The molecule has 1 heterocycles. The first-order valence-corrected chi connectivity index (χ1v) is 7.95. The predicted molar refractivity (Wildman–Crippen MR) is 92.0 cm³/mol. The number of anilines is 1. The molecule has 1 unspecified atom stereocenters. The van der Waals surface area contributed by atoms with E-state index in [0.717, 1.165) is 11.6 Å². The highest BCUT2D eigenvalue weighted by Gasteiger charge is 2.59. The highest BCUT2D eigenvalue weighted by molar-refractivity contribution is 6.34. The van der Waals surface area contributed by atoms with E-state index in [1.165, 1.54) is 18.2 Å². The summed E-state index contributed by atoms with van der Waals surface area (Å²) in [5.74, 6) is 0. The van der Waals surface area contributed by atoms with Crippen molar-refractivity contribution >= 4 is 34.6 Å². The number of nitrogen functional groups attached to an aromatic ring is 1. The molecule has 0 aromatic heterocycles. The van der Waals surface area contributed by atoms with Crippen molar-refractivity contribution in [3.05, 3.63) is 69.2 Å². The van der Waals surface area contributed by atoms with Crippen molar-refractivity contribution in [3.8, 4) is 0 Å². The van der Waals surface area contributed by atoms with Crippen LogP contribution in [0.2, 0.25) is 10.0 Å². The van der Waals surface area contributed by atoms with Crippen LogP contribution in [0.1, 0.15) is 16.7 Å². The quantitative estimate of drug-likeness (QED) is 0.693. The maximum atomic E-state index is 13.9. The van der Waals surface area contributed by atoms with E-state index >= 15 is 0 Å². The first kappa shape index (κ1) is 17.9. The van der Waals surface area contributed by atoms with E-state index in [9.17, 15) is 13.2 Å². The molecule has 0 fully saturated rings. The molecule has 3 nitrogen and oxygen atoms in total. The fourth-order valence-corrected chi connectivity index (χ4v) is 3.12. The molecule has 2 aromatic rings. The van der Waals surface area contributed by atoms with E-state index in [1.807, 2.05) is 0 Å². The van der Waals surface area contributed by atoms with Crippen LogP contribution in [0.5, 0.6) is 0 Å². The van der Waals surface area contributed by atoms with Gasteiger partial charge in [-0.1, -0.05) is 29.3 Å². The SMILES string of the molecule is Cc1cc(C2=CC(c3cc(Cl)cc(Cl)c3)(C(F)(F)F)ON2)ccc1N. The molecule has 0 bridgehead atoms. The van der Waals surface area contributed by atoms with Gasteiger partial charge in [-0.05, 0) is 48.9 Å². The molecule has 0 aliphatic carbocycles. The van der Waals surface area contributed by atoms with Gasteiger partial charge in [-0.2, -0.15) is 13.2 Å². The van der Waals surface area contributed by atoms with E-state index in [4.69, 9.17) is 33.8 Å². The second-order valence-corrected chi connectivity index (χ2v) is 6.60. The van der Waals surface area contributed by atoms with Crippen LogP contribution >= 0.6 is 23.2 Å². The van der Waals surface area contributed by atoms with Gasteiger partial charge in [0.2, 0.25) is 5.60 Å². The Hall–Kier alpha value is -1.89. The maximum absolute atomic E-state index is 13.9. The molecule has 0 saturated heterocycles. The van der Waals surface area contributed by atoms with E-state index in [-0.39, 0.29) is 21.3 Å². The molecular formula is C17H13Cl2F3N2O. The van der Waals surface area contributed by atoms with Gasteiger partial charge in [0.1, 0.15) is 0 Å². The molecule has 8 heteroatoms. The standard InChI is InChI=1S/C17H13Cl2F3N2O/c1-9-4-10(2-3-14(9)23)15-8-16(25-24-15,17(20,21)22)11-5-12(18)7-13(19)6-11/h2-8,24H,23H2,1H3. The Bertz CT molecular complexity index is 847. The second kappa shape index (κ2) is 6.12. The molecule has 3 N–H and O–H groups in total. The van der Waals surface area contributed by atoms with Gasteiger partial charge in [-0.15, -0.1) is 0 Å². The third kappa shape index (κ3) is 3.17. The maximum Gasteiger partial charge on any atom is 0.428 e. The van der Waals surface area contributed by atoms with Gasteiger partial charge in [0.05, 0.1) is 5.70 Å². The number of hydroxylamine groups is 1. The molecule has 1 aliphatic heterocycles. The Kier molecular flexibility index (Phi) is 4.39. The number of halogens is 5. The van der Waals surface area contributed by atoms with Crippen molar-refractivity contribution < 1.29 is 18.0 Å². The first-order chi connectivity index (χ1) is 11.6. The Morgan fingerprint density at radius 1 is 1.08 bits per heavy atom. The topological polar surface area (TPSA) is 47.3 Å². The van der Waals surface area contributed by atoms with Gasteiger partial charge in [-0.3, -0.25) is 10.3 Å². The number of hydrogen-bond donors (Lipinski definition) is 2. The number of rotatable bonds is 2.